The topological polar surface area (TPSA) is 44.5 Å². The summed E-state index contributed by atoms with van der Waals surface area (Å²) in [6.07, 6.45) is 2.03. The summed E-state index contributed by atoms with van der Waals surface area (Å²) in [5.74, 6) is 3.97. The third-order valence-electron chi connectivity index (χ3n) is 3.61. The molecule has 0 bridgehead atoms. The van der Waals surface area contributed by atoms with Crippen LogP contribution in [-0.2, 0) is 0 Å². The molecule has 0 amide bonds. The van der Waals surface area contributed by atoms with Crippen LogP contribution in [0, 0.1) is 0 Å². The Morgan fingerprint density at radius 1 is 1.53 bits per heavy atom. The second-order valence-electron chi connectivity index (χ2n) is 4.80. The molecule has 2 unspecified atom stereocenters. The molecule has 2 atom stereocenters. The van der Waals surface area contributed by atoms with Crippen molar-refractivity contribution in [1.29, 1.82) is 0 Å². The molecule has 0 aliphatic carbocycles. The smallest absolute Gasteiger partial charge is 0.128 e. The molecule has 1 fully saturated rings. The molecule has 17 heavy (non-hydrogen) atoms. The maximum absolute atomic E-state index is 6.26. The Kier molecular flexibility index (Phi) is 2.71. The van der Waals surface area contributed by atoms with Gasteiger partial charge in [-0.05, 0) is 18.2 Å². The Morgan fingerprint density at radius 2 is 2.41 bits per heavy atom. The number of fused-ring (bicyclic) bond motifs is 1. The first-order chi connectivity index (χ1) is 8.22. The lowest BCUT2D eigenvalue weighted by molar-refractivity contribution is 0.0613. The van der Waals surface area contributed by atoms with Gasteiger partial charge in [-0.15, -0.1) is 0 Å². The van der Waals surface area contributed by atoms with Crippen LogP contribution in [0.5, 0.6) is 11.5 Å². The summed E-state index contributed by atoms with van der Waals surface area (Å²) in [4.78, 5) is 0. The maximum Gasteiger partial charge on any atom is 0.128 e. The third kappa shape index (κ3) is 1.89. The van der Waals surface area contributed by atoms with Gasteiger partial charge in [-0.25, -0.2) is 0 Å². The monoisotopic (exact) mass is 251 g/mol. The SMILES string of the molecule is COc1ccc2c(c1)OC1(CCSC1)CC2N. The van der Waals surface area contributed by atoms with Crippen LogP contribution < -0.4 is 15.2 Å². The second-order valence-corrected chi connectivity index (χ2v) is 5.91. The van der Waals surface area contributed by atoms with Crippen LogP contribution in [0.2, 0.25) is 0 Å². The number of rotatable bonds is 1. The molecule has 3 rings (SSSR count). The van der Waals surface area contributed by atoms with Crippen LogP contribution in [0.3, 0.4) is 0 Å². The minimum Gasteiger partial charge on any atom is -0.497 e. The van der Waals surface area contributed by atoms with E-state index in [-0.39, 0.29) is 11.6 Å². The van der Waals surface area contributed by atoms with Gasteiger partial charge in [0.05, 0.1) is 7.11 Å². The van der Waals surface area contributed by atoms with Gasteiger partial charge in [0, 0.05) is 29.8 Å². The van der Waals surface area contributed by atoms with Crippen LogP contribution in [0.1, 0.15) is 24.4 Å². The quantitative estimate of drug-likeness (QED) is 0.832. The van der Waals surface area contributed by atoms with Crippen LogP contribution in [0.25, 0.3) is 0 Å². The molecule has 1 aromatic rings. The van der Waals surface area contributed by atoms with Gasteiger partial charge >= 0.3 is 0 Å². The molecule has 0 saturated carbocycles. The zero-order valence-corrected chi connectivity index (χ0v) is 10.8. The van der Waals surface area contributed by atoms with Gasteiger partial charge in [0.2, 0.25) is 0 Å². The predicted molar refractivity (Wildman–Crippen MR) is 69.8 cm³/mol. The van der Waals surface area contributed by atoms with E-state index in [4.69, 9.17) is 15.2 Å². The van der Waals surface area contributed by atoms with Crippen molar-refractivity contribution in [3.8, 4) is 11.5 Å². The lowest BCUT2D eigenvalue weighted by Crippen LogP contribution is -2.42. The average molecular weight is 251 g/mol. The van der Waals surface area contributed by atoms with Gasteiger partial charge in [0.1, 0.15) is 17.1 Å². The standard InChI is InChI=1S/C13H17NO2S/c1-15-9-2-3-10-11(14)7-13(4-5-17-8-13)16-12(10)6-9/h2-3,6,11H,4-5,7-8,14H2,1H3. The molecule has 92 valence electrons. The first-order valence-electron chi connectivity index (χ1n) is 5.93. The Hall–Kier alpha value is -0.870. The van der Waals surface area contributed by atoms with Crippen molar-refractivity contribution in [2.75, 3.05) is 18.6 Å². The molecule has 1 spiro atoms. The highest BCUT2D eigenvalue weighted by Crippen LogP contribution is 2.45. The van der Waals surface area contributed by atoms with Crippen LogP contribution >= 0.6 is 11.8 Å². The van der Waals surface area contributed by atoms with Gasteiger partial charge < -0.3 is 15.2 Å². The molecular formula is C13H17NO2S. The summed E-state index contributed by atoms with van der Waals surface area (Å²) >= 11 is 1.95. The number of thioether (sulfide) groups is 1. The van der Waals surface area contributed by atoms with Gasteiger partial charge in [-0.2, -0.15) is 11.8 Å². The fraction of sp³-hybridized carbons (Fsp3) is 0.538. The number of methoxy groups -OCH3 is 1. The van der Waals surface area contributed by atoms with E-state index in [2.05, 4.69) is 0 Å². The second kappa shape index (κ2) is 4.10. The van der Waals surface area contributed by atoms with Crippen molar-refractivity contribution in [3.05, 3.63) is 23.8 Å². The van der Waals surface area contributed by atoms with Crippen molar-refractivity contribution in [3.63, 3.8) is 0 Å². The van der Waals surface area contributed by atoms with E-state index in [1.165, 1.54) is 5.75 Å². The minimum absolute atomic E-state index is 0.0382. The number of nitrogens with two attached hydrogens (primary N) is 1. The highest BCUT2D eigenvalue weighted by atomic mass is 32.2. The van der Waals surface area contributed by atoms with Gasteiger partial charge in [-0.3, -0.25) is 0 Å². The molecule has 1 aromatic carbocycles. The van der Waals surface area contributed by atoms with Gasteiger partial charge in [0.15, 0.2) is 0 Å². The maximum atomic E-state index is 6.26. The van der Waals surface area contributed by atoms with E-state index in [9.17, 15) is 0 Å². The van der Waals surface area contributed by atoms with Crippen molar-refractivity contribution in [1.82, 2.24) is 0 Å². The normalized spacial score (nSPS) is 31.1. The predicted octanol–water partition coefficient (Wildman–Crippen LogP) is 2.35. The fourth-order valence-electron chi connectivity index (χ4n) is 2.65. The molecular weight excluding hydrogens is 234 g/mol. The minimum atomic E-state index is -0.0382. The summed E-state index contributed by atoms with van der Waals surface area (Å²) < 4.78 is 11.5. The first-order valence-corrected chi connectivity index (χ1v) is 7.08. The summed E-state index contributed by atoms with van der Waals surface area (Å²) in [6, 6.07) is 6.01. The third-order valence-corrected chi connectivity index (χ3v) is 4.83. The molecule has 1 saturated heterocycles. The molecule has 2 N–H and O–H groups in total. The van der Waals surface area contributed by atoms with Gasteiger partial charge in [0.25, 0.3) is 0 Å². The van der Waals surface area contributed by atoms with E-state index in [1.807, 2.05) is 30.0 Å². The van der Waals surface area contributed by atoms with E-state index >= 15 is 0 Å². The van der Waals surface area contributed by atoms with Gasteiger partial charge in [-0.1, -0.05) is 6.07 Å². The van der Waals surface area contributed by atoms with Crippen molar-refractivity contribution < 1.29 is 9.47 Å². The number of hydrogen-bond donors (Lipinski definition) is 1. The average Bonchev–Trinajstić information content (AvgIpc) is 2.76. The van der Waals surface area contributed by atoms with Crippen molar-refractivity contribution in [2.45, 2.75) is 24.5 Å². The van der Waals surface area contributed by atoms with Crippen molar-refractivity contribution >= 4 is 11.8 Å². The Bertz CT molecular complexity index is 429. The number of hydrogen-bond acceptors (Lipinski definition) is 4. The molecule has 2 aliphatic heterocycles. The van der Waals surface area contributed by atoms with Crippen LogP contribution in [0.15, 0.2) is 18.2 Å². The zero-order valence-electron chi connectivity index (χ0n) is 9.94. The number of benzene rings is 1. The molecule has 0 aromatic heterocycles. The highest BCUT2D eigenvalue weighted by Gasteiger charge is 2.42. The lowest BCUT2D eigenvalue weighted by Gasteiger charge is -2.38. The number of ether oxygens (including phenoxy) is 2. The Morgan fingerprint density at radius 3 is 3.12 bits per heavy atom. The summed E-state index contributed by atoms with van der Waals surface area (Å²) in [5.41, 5.74) is 7.33. The van der Waals surface area contributed by atoms with Crippen LogP contribution in [-0.4, -0.2) is 24.2 Å². The largest absolute Gasteiger partial charge is 0.497 e. The molecule has 3 nitrogen and oxygen atoms in total. The first kappa shape index (κ1) is 11.2. The van der Waals surface area contributed by atoms with E-state index < -0.39 is 0 Å². The van der Waals surface area contributed by atoms with E-state index in [0.29, 0.717) is 0 Å². The summed E-state index contributed by atoms with van der Waals surface area (Å²) in [7, 11) is 1.67. The van der Waals surface area contributed by atoms with E-state index in [0.717, 1.165) is 35.7 Å². The van der Waals surface area contributed by atoms with Crippen LogP contribution in [0.4, 0.5) is 0 Å². The van der Waals surface area contributed by atoms with E-state index in [1.54, 1.807) is 7.11 Å². The molecule has 0 radical (unpaired) electrons. The highest BCUT2D eigenvalue weighted by molar-refractivity contribution is 7.99. The summed E-state index contributed by atoms with van der Waals surface area (Å²) in [6.45, 7) is 0. The summed E-state index contributed by atoms with van der Waals surface area (Å²) in [5, 5.41) is 0. The zero-order chi connectivity index (χ0) is 11.9. The fourth-order valence-corrected chi connectivity index (χ4v) is 4.01. The molecule has 2 aliphatic rings. The Labute approximate surface area is 106 Å². The Balaban J connectivity index is 1.97. The lowest BCUT2D eigenvalue weighted by atomic mass is 9.87. The molecule has 4 heteroatoms. The van der Waals surface area contributed by atoms with Crippen molar-refractivity contribution in [2.24, 2.45) is 5.73 Å². The molecule has 2 heterocycles.